The summed E-state index contributed by atoms with van der Waals surface area (Å²) >= 11 is 0. The number of ether oxygens (including phenoxy) is 1. The van der Waals surface area contributed by atoms with Gasteiger partial charge in [0.05, 0.1) is 7.11 Å². The highest BCUT2D eigenvalue weighted by Gasteiger charge is 2.17. The molecule has 1 rings (SSSR count). The summed E-state index contributed by atoms with van der Waals surface area (Å²) in [5, 5.41) is 0. The summed E-state index contributed by atoms with van der Waals surface area (Å²) in [4.78, 5) is 2.35. The van der Waals surface area contributed by atoms with E-state index >= 15 is 0 Å². The molecule has 0 amide bonds. The zero-order valence-electron chi connectivity index (χ0n) is 13.0. The summed E-state index contributed by atoms with van der Waals surface area (Å²) < 4.78 is 5.28. The number of benzene rings is 1. The van der Waals surface area contributed by atoms with Crippen molar-refractivity contribution in [1.82, 2.24) is 4.90 Å². The van der Waals surface area contributed by atoms with Crippen molar-refractivity contribution in [2.24, 2.45) is 11.1 Å². The van der Waals surface area contributed by atoms with E-state index in [0.717, 1.165) is 31.8 Å². The quantitative estimate of drug-likeness (QED) is 0.822. The van der Waals surface area contributed by atoms with Crippen LogP contribution in [0.15, 0.2) is 18.2 Å². The molecule has 1 aromatic rings. The van der Waals surface area contributed by atoms with Crippen LogP contribution in [-0.4, -0.2) is 38.7 Å². The Hall–Kier alpha value is -1.06. The third-order valence-corrected chi connectivity index (χ3v) is 3.49. The van der Waals surface area contributed by atoms with E-state index in [-0.39, 0.29) is 5.41 Å². The minimum Gasteiger partial charge on any atom is -0.496 e. The van der Waals surface area contributed by atoms with Crippen LogP contribution in [0.1, 0.15) is 25.0 Å². The number of hydrogen-bond donors (Lipinski definition) is 1. The molecule has 0 heterocycles. The lowest BCUT2D eigenvalue weighted by Crippen LogP contribution is -2.37. The Bertz CT molecular complexity index is 402. The van der Waals surface area contributed by atoms with Gasteiger partial charge in [0.2, 0.25) is 0 Å². The van der Waals surface area contributed by atoms with Crippen molar-refractivity contribution in [3.05, 3.63) is 29.3 Å². The SMILES string of the molecule is COc1ccc(CCN(C)CC(C)(C)CN)cc1C. The Balaban J connectivity index is 2.50. The van der Waals surface area contributed by atoms with Gasteiger partial charge in [0.15, 0.2) is 0 Å². The number of likely N-dealkylation sites (N-methyl/N-ethyl adjacent to an activating group) is 1. The first-order chi connectivity index (χ1) is 8.88. The van der Waals surface area contributed by atoms with Gasteiger partial charge in [-0.2, -0.15) is 0 Å². The molecule has 0 saturated heterocycles. The first-order valence-corrected chi connectivity index (χ1v) is 6.90. The van der Waals surface area contributed by atoms with Crippen LogP contribution >= 0.6 is 0 Å². The third-order valence-electron chi connectivity index (χ3n) is 3.49. The molecule has 0 aromatic heterocycles. The van der Waals surface area contributed by atoms with Gasteiger partial charge < -0.3 is 15.4 Å². The second kappa shape index (κ2) is 6.92. The van der Waals surface area contributed by atoms with Gasteiger partial charge in [-0.3, -0.25) is 0 Å². The summed E-state index contributed by atoms with van der Waals surface area (Å²) in [5.74, 6) is 0.960. The van der Waals surface area contributed by atoms with Crippen molar-refractivity contribution >= 4 is 0 Å². The molecule has 19 heavy (non-hydrogen) atoms. The van der Waals surface area contributed by atoms with E-state index in [1.54, 1.807) is 7.11 Å². The molecule has 0 aliphatic rings. The van der Waals surface area contributed by atoms with E-state index in [9.17, 15) is 0 Å². The zero-order valence-corrected chi connectivity index (χ0v) is 13.0. The van der Waals surface area contributed by atoms with Crippen molar-refractivity contribution in [2.75, 3.05) is 33.8 Å². The molecule has 0 fully saturated rings. The van der Waals surface area contributed by atoms with Crippen molar-refractivity contribution in [1.29, 1.82) is 0 Å². The van der Waals surface area contributed by atoms with Gasteiger partial charge in [0.25, 0.3) is 0 Å². The number of aryl methyl sites for hydroxylation is 1. The van der Waals surface area contributed by atoms with Crippen LogP contribution in [0.25, 0.3) is 0 Å². The van der Waals surface area contributed by atoms with Crippen LogP contribution in [0.3, 0.4) is 0 Å². The van der Waals surface area contributed by atoms with E-state index in [1.165, 1.54) is 11.1 Å². The summed E-state index contributed by atoms with van der Waals surface area (Å²) in [7, 11) is 3.87. The van der Waals surface area contributed by atoms with Crippen LogP contribution < -0.4 is 10.5 Å². The Morgan fingerprint density at radius 2 is 2.00 bits per heavy atom. The molecule has 0 bridgehead atoms. The maximum atomic E-state index is 5.77. The lowest BCUT2D eigenvalue weighted by molar-refractivity contribution is 0.217. The summed E-state index contributed by atoms with van der Waals surface area (Å²) in [6.45, 7) is 9.30. The van der Waals surface area contributed by atoms with E-state index in [1.807, 2.05) is 0 Å². The highest BCUT2D eigenvalue weighted by molar-refractivity contribution is 5.36. The number of methoxy groups -OCH3 is 1. The van der Waals surface area contributed by atoms with Crippen LogP contribution in [0.5, 0.6) is 5.75 Å². The number of nitrogens with two attached hydrogens (primary N) is 1. The fourth-order valence-electron chi connectivity index (χ4n) is 2.29. The Morgan fingerprint density at radius 3 is 2.53 bits per heavy atom. The molecule has 3 nitrogen and oxygen atoms in total. The van der Waals surface area contributed by atoms with Crippen LogP contribution in [0, 0.1) is 12.3 Å². The highest BCUT2D eigenvalue weighted by atomic mass is 16.5. The number of rotatable bonds is 7. The molecule has 0 aliphatic heterocycles. The van der Waals surface area contributed by atoms with Crippen molar-refractivity contribution in [3.63, 3.8) is 0 Å². The molecular formula is C16H28N2O. The molecule has 108 valence electrons. The molecular weight excluding hydrogens is 236 g/mol. The maximum absolute atomic E-state index is 5.77. The zero-order chi connectivity index (χ0) is 14.5. The fourth-order valence-corrected chi connectivity index (χ4v) is 2.29. The van der Waals surface area contributed by atoms with E-state index < -0.39 is 0 Å². The van der Waals surface area contributed by atoms with E-state index in [0.29, 0.717) is 0 Å². The predicted molar refractivity (Wildman–Crippen MR) is 81.8 cm³/mol. The highest BCUT2D eigenvalue weighted by Crippen LogP contribution is 2.19. The van der Waals surface area contributed by atoms with Crippen LogP contribution in [0.2, 0.25) is 0 Å². The second-order valence-electron chi connectivity index (χ2n) is 6.16. The van der Waals surface area contributed by atoms with Gasteiger partial charge >= 0.3 is 0 Å². The summed E-state index contributed by atoms with van der Waals surface area (Å²) in [6.07, 6.45) is 1.06. The van der Waals surface area contributed by atoms with E-state index in [4.69, 9.17) is 10.5 Å². The van der Waals surface area contributed by atoms with Gasteiger partial charge in [-0.25, -0.2) is 0 Å². The van der Waals surface area contributed by atoms with Crippen molar-refractivity contribution in [2.45, 2.75) is 27.2 Å². The smallest absolute Gasteiger partial charge is 0.121 e. The predicted octanol–water partition coefficient (Wildman–Crippen LogP) is 2.46. The first kappa shape index (κ1) is 16.0. The van der Waals surface area contributed by atoms with E-state index in [2.05, 4.69) is 50.9 Å². The molecule has 0 radical (unpaired) electrons. The Morgan fingerprint density at radius 1 is 1.32 bits per heavy atom. The summed E-state index contributed by atoms with van der Waals surface area (Å²) in [6, 6.07) is 6.41. The monoisotopic (exact) mass is 264 g/mol. The summed E-state index contributed by atoms with van der Waals surface area (Å²) in [5.41, 5.74) is 8.51. The molecule has 0 saturated carbocycles. The molecule has 2 N–H and O–H groups in total. The molecule has 0 aliphatic carbocycles. The number of hydrogen-bond acceptors (Lipinski definition) is 3. The van der Waals surface area contributed by atoms with Gasteiger partial charge in [0, 0.05) is 13.1 Å². The Labute approximate surface area is 117 Å². The fraction of sp³-hybridized carbons (Fsp3) is 0.625. The molecule has 1 aromatic carbocycles. The minimum absolute atomic E-state index is 0.185. The van der Waals surface area contributed by atoms with Crippen molar-refractivity contribution < 1.29 is 4.74 Å². The average Bonchev–Trinajstić information content (AvgIpc) is 2.36. The maximum Gasteiger partial charge on any atom is 0.121 e. The van der Waals surface area contributed by atoms with Crippen LogP contribution in [-0.2, 0) is 6.42 Å². The topological polar surface area (TPSA) is 38.5 Å². The molecule has 3 heteroatoms. The third kappa shape index (κ3) is 5.21. The average molecular weight is 264 g/mol. The van der Waals surface area contributed by atoms with Gasteiger partial charge in [-0.15, -0.1) is 0 Å². The Kier molecular flexibility index (Phi) is 5.83. The molecule has 0 atom stereocenters. The van der Waals surface area contributed by atoms with Crippen LogP contribution in [0.4, 0.5) is 0 Å². The molecule has 0 spiro atoms. The lowest BCUT2D eigenvalue weighted by Gasteiger charge is -2.29. The van der Waals surface area contributed by atoms with Crippen molar-refractivity contribution in [3.8, 4) is 5.75 Å². The van der Waals surface area contributed by atoms with Gasteiger partial charge in [0.1, 0.15) is 5.75 Å². The largest absolute Gasteiger partial charge is 0.496 e. The second-order valence-corrected chi connectivity index (χ2v) is 6.16. The standard InChI is InChI=1S/C16H28N2O/c1-13-10-14(6-7-15(13)19-5)8-9-18(4)12-16(2,3)11-17/h6-7,10H,8-9,11-12,17H2,1-5H3. The van der Waals surface area contributed by atoms with Gasteiger partial charge in [-0.1, -0.05) is 26.0 Å². The first-order valence-electron chi connectivity index (χ1n) is 6.90. The molecule has 0 unspecified atom stereocenters. The normalized spacial score (nSPS) is 11.9. The minimum atomic E-state index is 0.185. The van der Waals surface area contributed by atoms with Gasteiger partial charge in [-0.05, 0) is 49.5 Å². The number of nitrogens with zero attached hydrogens (tertiary/aromatic N) is 1. The lowest BCUT2D eigenvalue weighted by atomic mass is 9.93.